The largest absolute Gasteiger partial charge is 0.356 e. The monoisotopic (exact) mass is 292 g/mol. The van der Waals surface area contributed by atoms with E-state index < -0.39 is 0 Å². The van der Waals surface area contributed by atoms with Crippen molar-refractivity contribution in [2.75, 3.05) is 13.6 Å². The average Bonchev–Trinajstić information content (AvgIpc) is 3.02. The van der Waals surface area contributed by atoms with Gasteiger partial charge in [-0.2, -0.15) is 0 Å². The number of nitrogens with zero attached hydrogens (tertiary/aromatic N) is 1. The number of hydrogen-bond acceptors (Lipinski definition) is 3. The molecule has 1 aromatic heterocycles. The molecule has 20 heavy (non-hydrogen) atoms. The lowest BCUT2D eigenvalue weighted by atomic mass is 9.89. The van der Waals surface area contributed by atoms with Crippen molar-refractivity contribution in [1.82, 2.24) is 10.2 Å². The Hall–Kier alpha value is -1.36. The highest BCUT2D eigenvalue weighted by Crippen LogP contribution is 2.38. The zero-order valence-electron chi connectivity index (χ0n) is 11.9. The second-order valence-corrected chi connectivity index (χ2v) is 7.27. The fraction of sp³-hybridized carbons (Fsp3) is 0.600. The number of carbonyl (C=O) groups is 2. The molecule has 1 N–H and O–H groups in total. The maximum Gasteiger partial charge on any atom is 0.263 e. The lowest BCUT2D eigenvalue weighted by Crippen LogP contribution is -2.38. The molecule has 3 rings (SSSR count). The minimum atomic E-state index is 0.117. The van der Waals surface area contributed by atoms with E-state index in [1.165, 1.54) is 0 Å². The maximum absolute atomic E-state index is 12.5. The van der Waals surface area contributed by atoms with E-state index in [0.29, 0.717) is 18.3 Å². The third-order valence-corrected chi connectivity index (χ3v) is 5.63. The highest BCUT2D eigenvalue weighted by Gasteiger charge is 2.40. The summed E-state index contributed by atoms with van der Waals surface area (Å²) in [5.74, 6) is 1.27. The molecule has 2 aliphatic rings. The highest BCUT2D eigenvalue weighted by atomic mass is 32.1. The lowest BCUT2D eigenvalue weighted by molar-refractivity contribution is -0.124. The Balaban J connectivity index is 1.68. The molecule has 3 atom stereocenters. The van der Waals surface area contributed by atoms with Gasteiger partial charge in [0.1, 0.15) is 0 Å². The summed E-state index contributed by atoms with van der Waals surface area (Å²) >= 11 is 1.55. The van der Waals surface area contributed by atoms with Crippen molar-refractivity contribution in [3.63, 3.8) is 0 Å². The van der Waals surface area contributed by atoms with E-state index in [0.717, 1.165) is 29.1 Å². The number of nitrogens with one attached hydrogen (secondary N) is 1. The number of rotatable bonds is 2. The molecule has 0 unspecified atom stereocenters. The quantitative estimate of drug-likeness (QED) is 0.907. The van der Waals surface area contributed by atoms with Crippen molar-refractivity contribution in [1.29, 1.82) is 0 Å². The van der Waals surface area contributed by atoms with E-state index in [1.807, 2.05) is 31.0 Å². The van der Waals surface area contributed by atoms with E-state index in [4.69, 9.17) is 0 Å². The Kier molecular flexibility index (Phi) is 3.54. The molecule has 1 aliphatic carbocycles. The summed E-state index contributed by atoms with van der Waals surface area (Å²) in [6.45, 7) is 2.79. The molecule has 2 amide bonds. The Bertz CT molecular complexity index is 540. The second kappa shape index (κ2) is 5.20. The van der Waals surface area contributed by atoms with Gasteiger partial charge in [-0.1, -0.05) is 0 Å². The maximum atomic E-state index is 12.5. The van der Waals surface area contributed by atoms with Gasteiger partial charge in [0.05, 0.1) is 4.88 Å². The number of carbonyl (C=O) groups excluding carboxylic acids is 2. The van der Waals surface area contributed by atoms with Crippen LogP contribution in [0.3, 0.4) is 0 Å². The number of aryl methyl sites for hydroxylation is 1. The van der Waals surface area contributed by atoms with Gasteiger partial charge >= 0.3 is 0 Å². The SMILES string of the molecule is Cc1ccc(C(=O)N(C)[C@H]2C[C@H]3CNC(=O)C[C@H]3C2)s1. The Morgan fingerprint density at radius 2 is 2.10 bits per heavy atom. The summed E-state index contributed by atoms with van der Waals surface area (Å²) in [6.07, 6.45) is 2.60. The van der Waals surface area contributed by atoms with Crippen LogP contribution in [0, 0.1) is 18.8 Å². The Morgan fingerprint density at radius 3 is 2.80 bits per heavy atom. The lowest BCUT2D eigenvalue weighted by Gasteiger charge is -2.24. The van der Waals surface area contributed by atoms with Crippen LogP contribution in [-0.2, 0) is 4.79 Å². The van der Waals surface area contributed by atoms with Crippen molar-refractivity contribution < 1.29 is 9.59 Å². The van der Waals surface area contributed by atoms with Gasteiger partial charge in [0, 0.05) is 30.9 Å². The van der Waals surface area contributed by atoms with E-state index in [-0.39, 0.29) is 17.9 Å². The molecular weight excluding hydrogens is 272 g/mol. The molecule has 0 bridgehead atoms. The van der Waals surface area contributed by atoms with E-state index in [1.54, 1.807) is 11.3 Å². The minimum Gasteiger partial charge on any atom is -0.356 e. The van der Waals surface area contributed by atoms with Crippen LogP contribution in [0.15, 0.2) is 12.1 Å². The standard InChI is InChI=1S/C15H20N2O2S/c1-9-3-4-13(20-9)15(19)17(2)12-5-10-7-14(18)16-8-11(10)6-12/h3-4,10-12H,5-8H2,1-2H3,(H,16,18)/t10-,11+,12-/m1/s1. The molecular formula is C15H20N2O2S. The fourth-order valence-corrected chi connectivity index (χ4v) is 4.29. The fourth-order valence-electron chi connectivity index (χ4n) is 3.44. The van der Waals surface area contributed by atoms with Gasteiger partial charge in [0.2, 0.25) is 5.91 Å². The van der Waals surface area contributed by atoms with Gasteiger partial charge in [-0.3, -0.25) is 9.59 Å². The molecule has 0 spiro atoms. The third-order valence-electron chi connectivity index (χ3n) is 4.64. The van der Waals surface area contributed by atoms with Crippen LogP contribution >= 0.6 is 11.3 Å². The van der Waals surface area contributed by atoms with Gasteiger partial charge in [-0.25, -0.2) is 0 Å². The van der Waals surface area contributed by atoms with Crippen LogP contribution in [0.2, 0.25) is 0 Å². The van der Waals surface area contributed by atoms with Crippen LogP contribution < -0.4 is 5.32 Å². The normalized spacial score (nSPS) is 28.9. The first-order chi connectivity index (χ1) is 9.54. The molecule has 2 fully saturated rings. The average molecular weight is 292 g/mol. The van der Waals surface area contributed by atoms with Crippen LogP contribution in [0.4, 0.5) is 0 Å². The van der Waals surface area contributed by atoms with Crippen LogP contribution in [0.5, 0.6) is 0 Å². The number of thiophene rings is 1. The van der Waals surface area contributed by atoms with Crippen molar-refractivity contribution in [2.24, 2.45) is 11.8 Å². The van der Waals surface area contributed by atoms with Crippen LogP contribution in [0.25, 0.3) is 0 Å². The van der Waals surface area contributed by atoms with Gasteiger partial charge in [-0.15, -0.1) is 11.3 Å². The number of fused-ring (bicyclic) bond motifs is 1. The summed E-state index contributed by atoms with van der Waals surface area (Å²) in [5, 5.41) is 2.94. The van der Waals surface area contributed by atoms with Crippen LogP contribution in [0.1, 0.15) is 33.8 Å². The van der Waals surface area contributed by atoms with Gasteiger partial charge in [0.15, 0.2) is 0 Å². The number of piperidine rings is 1. The Labute approximate surface area is 123 Å². The third kappa shape index (κ3) is 2.46. The molecule has 108 valence electrons. The highest BCUT2D eigenvalue weighted by molar-refractivity contribution is 7.13. The van der Waals surface area contributed by atoms with Crippen molar-refractivity contribution in [3.8, 4) is 0 Å². The van der Waals surface area contributed by atoms with Gasteiger partial charge < -0.3 is 10.2 Å². The molecule has 1 saturated heterocycles. The van der Waals surface area contributed by atoms with Gasteiger partial charge in [-0.05, 0) is 43.7 Å². The molecule has 1 aromatic rings. The van der Waals surface area contributed by atoms with Crippen molar-refractivity contribution >= 4 is 23.2 Å². The van der Waals surface area contributed by atoms with E-state index >= 15 is 0 Å². The molecule has 0 aromatic carbocycles. The first kappa shape index (κ1) is 13.6. The van der Waals surface area contributed by atoms with Crippen LogP contribution in [-0.4, -0.2) is 36.3 Å². The summed E-state index contributed by atoms with van der Waals surface area (Å²) in [4.78, 5) is 27.8. The van der Waals surface area contributed by atoms with E-state index in [9.17, 15) is 9.59 Å². The van der Waals surface area contributed by atoms with Gasteiger partial charge in [0.25, 0.3) is 5.91 Å². The summed E-state index contributed by atoms with van der Waals surface area (Å²) < 4.78 is 0. The second-order valence-electron chi connectivity index (χ2n) is 5.98. The minimum absolute atomic E-state index is 0.117. The predicted molar refractivity (Wildman–Crippen MR) is 78.8 cm³/mol. The van der Waals surface area contributed by atoms with E-state index in [2.05, 4.69) is 5.32 Å². The molecule has 0 radical (unpaired) electrons. The molecule has 2 heterocycles. The predicted octanol–water partition coefficient (Wildman–Crippen LogP) is 2.04. The zero-order valence-corrected chi connectivity index (χ0v) is 12.7. The molecule has 4 nitrogen and oxygen atoms in total. The van der Waals surface area contributed by atoms with Crippen molar-refractivity contribution in [3.05, 3.63) is 21.9 Å². The zero-order chi connectivity index (χ0) is 14.3. The topological polar surface area (TPSA) is 49.4 Å². The number of hydrogen-bond donors (Lipinski definition) is 1. The number of amides is 2. The first-order valence-electron chi connectivity index (χ1n) is 7.15. The first-order valence-corrected chi connectivity index (χ1v) is 7.96. The molecule has 1 saturated carbocycles. The van der Waals surface area contributed by atoms with Crippen molar-refractivity contribution in [2.45, 2.75) is 32.2 Å². The summed E-state index contributed by atoms with van der Waals surface area (Å²) in [6, 6.07) is 4.17. The molecule has 1 aliphatic heterocycles. The summed E-state index contributed by atoms with van der Waals surface area (Å²) in [7, 11) is 1.90. The smallest absolute Gasteiger partial charge is 0.263 e. The molecule has 5 heteroatoms. The summed E-state index contributed by atoms with van der Waals surface area (Å²) in [5.41, 5.74) is 0. The Morgan fingerprint density at radius 1 is 1.35 bits per heavy atom.